The Morgan fingerprint density at radius 2 is 2.14 bits per heavy atom. The smallest absolute Gasteiger partial charge is 0.144 e. The monoisotopic (exact) mass is 289 g/mol. The van der Waals surface area contributed by atoms with Crippen LogP contribution in [0.25, 0.3) is 0 Å². The van der Waals surface area contributed by atoms with Crippen LogP contribution in [0.4, 0.5) is 5.82 Å². The highest BCUT2D eigenvalue weighted by atomic mass is 16.6. The van der Waals surface area contributed by atoms with E-state index in [0.29, 0.717) is 18.4 Å². The Morgan fingerprint density at radius 1 is 1.43 bits per heavy atom. The molecular formula is C16H23N3O2. The van der Waals surface area contributed by atoms with Gasteiger partial charge in [0.05, 0.1) is 5.71 Å². The Balaban J connectivity index is 1.40. The molecule has 1 atom stereocenters. The van der Waals surface area contributed by atoms with Crippen LogP contribution in [0.2, 0.25) is 0 Å². The summed E-state index contributed by atoms with van der Waals surface area (Å²) in [6.45, 7) is 2.65. The fraction of sp³-hybridized carbons (Fsp3) is 0.625. The molecule has 0 aliphatic heterocycles. The van der Waals surface area contributed by atoms with Crippen molar-refractivity contribution in [2.24, 2.45) is 17.0 Å². The van der Waals surface area contributed by atoms with Gasteiger partial charge in [-0.3, -0.25) is 0 Å². The van der Waals surface area contributed by atoms with Gasteiger partial charge in [0, 0.05) is 24.6 Å². The van der Waals surface area contributed by atoms with Gasteiger partial charge in [0.1, 0.15) is 18.5 Å². The zero-order valence-corrected chi connectivity index (χ0v) is 12.5. The maximum Gasteiger partial charge on any atom is 0.144 e. The molecule has 2 aliphatic carbocycles. The van der Waals surface area contributed by atoms with Crippen LogP contribution in [0.15, 0.2) is 23.5 Å². The van der Waals surface area contributed by atoms with Crippen molar-refractivity contribution in [3.8, 4) is 0 Å². The van der Waals surface area contributed by atoms with Crippen molar-refractivity contribution in [2.45, 2.75) is 38.7 Å². The van der Waals surface area contributed by atoms with Crippen molar-refractivity contribution in [3.63, 3.8) is 0 Å². The first-order chi connectivity index (χ1) is 10.2. The summed E-state index contributed by atoms with van der Waals surface area (Å²) in [5.74, 6) is 2.09. The van der Waals surface area contributed by atoms with Crippen molar-refractivity contribution < 1.29 is 9.94 Å². The van der Waals surface area contributed by atoms with Gasteiger partial charge in [0.25, 0.3) is 0 Å². The number of oxime groups is 1. The minimum Gasteiger partial charge on any atom is -0.393 e. The second-order valence-corrected chi connectivity index (χ2v) is 6.11. The lowest BCUT2D eigenvalue weighted by atomic mass is 10.2. The van der Waals surface area contributed by atoms with E-state index in [2.05, 4.69) is 15.5 Å². The summed E-state index contributed by atoms with van der Waals surface area (Å²) < 4.78 is 0. The molecule has 1 heterocycles. The number of nitrogens with one attached hydrogen (secondary N) is 1. The van der Waals surface area contributed by atoms with Crippen LogP contribution in [0.3, 0.4) is 0 Å². The van der Waals surface area contributed by atoms with Gasteiger partial charge in [-0.1, -0.05) is 5.16 Å². The fourth-order valence-corrected chi connectivity index (χ4v) is 2.35. The Kier molecular flexibility index (Phi) is 4.39. The Labute approximate surface area is 125 Å². The van der Waals surface area contributed by atoms with Gasteiger partial charge in [0.15, 0.2) is 0 Å². The maximum absolute atomic E-state index is 9.92. The number of hydrogen-bond acceptors (Lipinski definition) is 5. The van der Waals surface area contributed by atoms with Crippen LogP contribution in [-0.2, 0) is 4.84 Å². The molecule has 1 aromatic heterocycles. The molecular weight excluding hydrogens is 266 g/mol. The molecule has 21 heavy (non-hydrogen) atoms. The molecule has 0 amide bonds. The molecule has 1 aromatic rings. The summed E-state index contributed by atoms with van der Waals surface area (Å²) in [5, 5.41) is 17.3. The lowest BCUT2D eigenvalue weighted by Crippen LogP contribution is -2.24. The molecule has 5 nitrogen and oxygen atoms in total. The highest BCUT2D eigenvalue weighted by molar-refractivity contribution is 5.92. The Hall–Kier alpha value is -1.62. The number of pyridine rings is 1. The fourth-order valence-electron chi connectivity index (χ4n) is 2.35. The van der Waals surface area contributed by atoms with Crippen LogP contribution in [0.1, 0.15) is 31.2 Å². The molecule has 0 aromatic carbocycles. The molecule has 0 radical (unpaired) electrons. The van der Waals surface area contributed by atoms with Crippen LogP contribution in [0, 0.1) is 18.8 Å². The standard InChI is InChI=1S/C16H23N3O2/c1-11-6-7-17-15(8-11)18-9-14(20)10-21-19-16(12-2-3-12)13-4-5-13/h6-8,12-14,20H,2-5,9-10H2,1H3,(H,17,18). The second-order valence-electron chi connectivity index (χ2n) is 6.11. The lowest BCUT2D eigenvalue weighted by molar-refractivity contribution is 0.0461. The predicted molar refractivity (Wildman–Crippen MR) is 82.3 cm³/mol. The van der Waals surface area contributed by atoms with Crippen LogP contribution >= 0.6 is 0 Å². The van der Waals surface area contributed by atoms with Crippen molar-refractivity contribution in [3.05, 3.63) is 23.9 Å². The van der Waals surface area contributed by atoms with E-state index in [-0.39, 0.29) is 6.61 Å². The third-order valence-electron chi connectivity index (χ3n) is 3.86. The van der Waals surface area contributed by atoms with Gasteiger partial charge in [-0.25, -0.2) is 4.98 Å². The van der Waals surface area contributed by atoms with Crippen LogP contribution < -0.4 is 5.32 Å². The van der Waals surface area contributed by atoms with E-state index in [1.807, 2.05) is 19.1 Å². The average Bonchev–Trinajstić information content (AvgIpc) is 3.35. The topological polar surface area (TPSA) is 66.7 Å². The largest absolute Gasteiger partial charge is 0.393 e. The Morgan fingerprint density at radius 3 is 2.76 bits per heavy atom. The number of aryl methyl sites for hydroxylation is 1. The summed E-state index contributed by atoms with van der Waals surface area (Å²) in [5.41, 5.74) is 2.37. The average molecular weight is 289 g/mol. The molecule has 0 spiro atoms. The first-order valence-corrected chi connectivity index (χ1v) is 7.76. The Bertz CT molecular complexity index is 496. The first-order valence-electron chi connectivity index (χ1n) is 7.76. The molecule has 2 aliphatic rings. The maximum atomic E-state index is 9.92. The number of rotatable bonds is 8. The van der Waals surface area contributed by atoms with Crippen molar-refractivity contribution in [1.82, 2.24) is 4.98 Å². The minimum atomic E-state index is -0.587. The molecule has 2 fully saturated rings. The first kappa shape index (κ1) is 14.3. The number of hydrogen-bond donors (Lipinski definition) is 2. The van der Waals surface area contributed by atoms with E-state index in [1.165, 1.54) is 31.4 Å². The molecule has 0 saturated heterocycles. The molecule has 5 heteroatoms. The molecule has 0 bridgehead atoms. The third-order valence-corrected chi connectivity index (χ3v) is 3.86. The van der Waals surface area contributed by atoms with Crippen molar-refractivity contribution in [2.75, 3.05) is 18.5 Å². The SMILES string of the molecule is Cc1ccnc(NCC(O)CON=C(C2CC2)C2CC2)c1. The zero-order valence-electron chi connectivity index (χ0n) is 12.5. The number of aliphatic hydroxyl groups is 1. The van der Waals surface area contributed by atoms with Crippen molar-refractivity contribution in [1.29, 1.82) is 0 Å². The highest BCUT2D eigenvalue weighted by Gasteiger charge is 2.38. The van der Waals surface area contributed by atoms with E-state index < -0.39 is 6.10 Å². The number of aliphatic hydroxyl groups excluding tert-OH is 1. The third kappa shape index (κ3) is 4.43. The lowest BCUT2D eigenvalue weighted by Gasteiger charge is -2.12. The summed E-state index contributed by atoms with van der Waals surface area (Å²) in [6.07, 6.45) is 6.17. The summed E-state index contributed by atoms with van der Waals surface area (Å²) >= 11 is 0. The van der Waals surface area contributed by atoms with Gasteiger partial charge in [-0.15, -0.1) is 0 Å². The summed E-state index contributed by atoms with van der Waals surface area (Å²) in [6, 6.07) is 3.89. The molecule has 2 N–H and O–H groups in total. The van der Waals surface area contributed by atoms with Gasteiger partial charge in [0.2, 0.25) is 0 Å². The molecule has 1 unspecified atom stereocenters. The second kappa shape index (κ2) is 6.43. The van der Waals surface area contributed by atoms with E-state index in [4.69, 9.17) is 4.84 Å². The quantitative estimate of drug-likeness (QED) is 0.569. The highest BCUT2D eigenvalue weighted by Crippen LogP contribution is 2.42. The van der Waals surface area contributed by atoms with Gasteiger partial charge < -0.3 is 15.3 Å². The van der Waals surface area contributed by atoms with Crippen LogP contribution in [-0.4, -0.2) is 35.1 Å². The van der Waals surface area contributed by atoms with E-state index in [1.54, 1.807) is 6.20 Å². The normalized spacial score (nSPS) is 19.0. The number of nitrogens with zero attached hydrogens (tertiary/aromatic N) is 2. The molecule has 2 saturated carbocycles. The number of anilines is 1. The minimum absolute atomic E-state index is 0.224. The summed E-state index contributed by atoms with van der Waals surface area (Å²) in [7, 11) is 0. The van der Waals surface area contributed by atoms with Gasteiger partial charge >= 0.3 is 0 Å². The predicted octanol–water partition coefficient (Wildman–Crippen LogP) is 2.36. The van der Waals surface area contributed by atoms with Crippen molar-refractivity contribution >= 4 is 11.5 Å². The molecule has 3 rings (SSSR count). The van der Waals surface area contributed by atoms with E-state index in [0.717, 1.165) is 11.4 Å². The van der Waals surface area contributed by atoms with Crippen LogP contribution in [0.5, 0.6) is 0 Å². The zero-order chi connectivity index (χ0) is 14.7. The van der Waals surface area contributed by atoms with Gasteiger partial charge in [-0.05, 0) is 50.3 Å². The van der Waals surface area contributed by atoms with Gasteiger partial charge in [-0.2, -0.15) is 0 Å². The number of aromatic nitrogens is 1. The summed E-state index contributed by atoms with van der Waals surface area (Å²) in [4.78, 5) is 9.54. The van der Waals surface area contributed by atoms with E-state index in [9.17, 15) is 5.11 Å². The van der Waals surface area contributed by atoms with E-state index >= 15 is 0 Å². The molecule has 114 valence electrons.